The van der Waals surface area contributed by atoms with Gasteiger partial charge >= 0.3 is 0 Å². The molecule has 1 aliphatic rings. The molecule has 0 radical (unpaired) electrons. The lowest BCUT2D eigenvalue weighted by atomic mass is 9.90. The van der Waals surface area contributed by atoms with Crippen LogP contribution in [-0.4, -0.2) is 47.3 Å². The number of ether oxygens (including phenoxy) is 2. The maximum Gasteiger partial charge on any atom is 0.214 e. The second kappa shape index (κ2) is 11.8. The van der Waals surface area contributed by atoms with Crippen molar-refractivity contribution in [1.29, 1.82) is 0 Å². The summed E-state index contributed by atoms with van der Waals surface area (Å²) in [7, 11) is -1.44. The molecule has 2 aromatic rings. The standard InChI is InChI=1S/C26H37N3O4S/c1-19(26(2,3)4)29(18-20-9-14-32-15-10-20)24-7-6-21(16-23(24)27)34(31)22-8-11-28-25(17-22)33-13-5-12-30/h6-8,11,16-17,20,30H,1,5,9-10,12-15,18,27H2,2-4H3. The van der Waals surface area contributed by atoms with E-state index in [1.165, 1.54) is 0 Å². The molecule has 1 atom stereocenters. The van der Waals surface area contributed by atoms with E-state index in [0.29, 0.717) is 40.3 Å². The fraction of sp³-hybridized carbons (Fsp3) is 0.500. The molecular weight excluding hydrogens is 450 g/mol. The maximum absolute atomic E-state index is 13.3. The first-order valence-electron chi connectivity index (χ1n) is 11.8. The lowest BCUT2D eigenvalue weighted by molar-refractivity contribution is 0.0684. The first-order chi connectivity index (χ1) is 16.2. The third-order valence-corrected chi connectivity index (χ3v) is 7.31. The number of pyridine rings is 1. The van der Waals surface area contributed by atoms with Gasteiger partial charge in [-0.3, -0.25) is 0 Å². The normalized spacial score (nSPS) is 15.6. The van der Waals surface area contributed by atoms with Crippen LogP contribution in [0.5, 0.6) is 5.88 Å². The molecule has 7 nitrogen and oxygen atoms in total. The Morgan fingerprint density at radius 3 is 2.62 bits per heavy atom. The summed E-state index contributed by atoms with van der Waals surface area (Å²) in [6.45, 7) is 13.6. The Kier molecular flexibility index (Phi) is 9.10. The lowest BCUT2D eigenvalue weighted by Gasteiger charge is -2.38. The number of aliphatic hydroxyl groups is 1. The number of hydrogen-bond donors (Lipinski definition) is 2. The highest BCUT2D eigenvalue weighted by atomic mass is 32.2. The smallest absolute Gasteiger partial charge is 0.214 e. The van der Waals surface area contributed by atoms with Crippen molar-refractivity contribution in [3.63, 3.8) is 0 Å². The molecule has 0 amide bonds. The molecule has 0 spiro atoms. The summed E-state index contributed by atoms with van der Waals surface area (Å²) in [5, 5.41) is 8.92. The summed E-state index contributed by atoms with van der Waals surface area (Å²) >= 11 is 0. The van der Waals surface area contributed by atoms with E-state index in [1.54, 1.807) is 24.4 Å². The average molecular weight is 488 g/mol. The molecule has 0 bridgehead atoms. The molecule has 0 aliphatic carbocycles. The van der Waals surface area contributed by atoms with E-state index >= 15 is 0 Å². The van der Waals surface area contributed by atoms with Gasteiger partial charge in [-0.1, -0.05) is 27.4 Å². The van der Waals surface area contributed by atoms with Crippen LogP contribution in [0.15, 0.2) is 58.6 Å². The highest BCUT2D eigenvalue weighted by Crippen LogP contribution is 2.37. The van der Waals surface area contributed by atoms with Gasteiger partial charge in [0.05, 0.1) is 33.7 Å². The fourth-order valence-electron chi connectivity index (χ4n) is 3.80. The topological polar surface area (TPSA) is 97.9 Å². The highest BCUT2D eigenvalue weighted by Gasteiger charge is 2.27. The van der Waals surface area contributed by atoms with Crippen LogP contribution >= 0.6 is 0 Å². The van der Waals surface area contributed by atoms with E-state index in [9.17, 15) is 4.21 Å². The zero-order valence-corrected chi connectivity index (χ0v) is 21.3. The summed E-state index contributed by atoms with van der Waals surface area (Å²) in [6, 6.07) is 8.96. The minimum Gasteiger partial charge on any atom is -0.478 e. The number of aliphatic hydroxyl groups excluding tert-OH is 1. The van der Waals surface area contributed by atoms with Crippen molar-refractivity contribution in [1.82, 2.24) is 4.98 Å². The van der Waals surface area contributed by atoms with Crippen molar-refractivity contribution in [2.24, 2.45) is 11.3 Å². The monoisotopic (exact) mass is 487 g/mol. The van der Waals surface area contributed by atoms with Crippen LogP contribution in [0, 0.1) is 11.3 Å². The van der Waals surface area contributed by atoms with Gasteiger partial charge in [0.15, 0.2) is 0 Å². The van der Waals surface area contributed by atoms with Gasteiger partial charge in [0, 0.05) is 61.1 Å². The van der Waals surface area contributed by atoms with Crippen molar-refractivity contribution < 1.29 is 18.8 Å². The van der Waals surface area contributed by atoms with Crippen molar-refractivity contribution >= 4 is 22.2 Å². The molecule has 0 saturated carbocycles. The van der Waals surface area contributed by atoms with Gasteiger partial charge in [-0.2, -0.15) is 0 Å². The molecule has 1 unspecified atom stereocenters. The molecule has 1 fully saturated rings. The second-order valence-electron chi connectivity index (χ2n) is 9.61. The van der Waals surface area contributed by atoms with Crippen LogP contribution in [0.25, 0.3) is 0 Å². The van der Waals surface area contributed by atoms with Gasteiger partial charge in [0.25, 0.3) is 0 Å². The number of nitrogens with zero attached hydrogens (tertiary/aromatic N) is 2. The summed E-state index contributed by atoms with van der Waals surface area (Å²) in [6.07, 6.45) is 4.11. The number of benzene rings is 1. The van der Waals surface area contributed by atoms with E-state index in [2.05, 4.69) is 37.2 Å². The Morgan fingerprint density at radius 2 is 1.97 bits per heavy atom. The molecule has 2 heterocycles. The van der Waals surface area contributed by atoms with Crippen LogP contribution in [0.4, 0.5) is 11.4 Å². The third kappa shape index (κ3) is 6.81. The fourth-order valence-corrected chi connectivity index (χ4v) is 4.89. The molecular formula is C26H37N3O4S. The largest absolute Gasteiger partial charge is 0.478 e. The van der Waals surface area contributed by atoms with E-state index in [1.807, 2.05) is 12.1 Å². The van der Waals surface area contributed by atoms with Crippen LogP contribution in [-0.2, 0) is 15.5 Å². The van der Waals surface area contributed by atoms with E-state index < -0.39 is 10.8 Å². The van der Waals surface area contributed by atoms with E-state index in [4.69, 9.17) is 20.3 Å². The minimum absolute atomic E-state index is 0.0461. The number of rotatable bonds is 10. The van der Waals surface area contributed by atoms with Gasteiger partial charge in [-0.25, -0.2) is 9.19 Å². The molecule has 186 valence electrons. The van der Waals surface area contributed by atoms with Crippen molar-refractivity contribution in [2.75, 3.05) is 43.6 Å². The predicted molar refractivity (Wildman–Crippen MR) is 136 cm³/mol. The summed E-state index contributed by atoms with van der Waals surface area (Å²) < 4.78 is 24.3. The third-order valence-electron chi connectivity index (χ3n) is 5.95. The van der Waals surface area contributed by atoms with Crippen LogP contribution in [0.2, 0.25) is 0 Å². The van der Waals surface area contributed by atoms with E-state index in [0.717, 1.165) is 44.0 Å². The number of aromatic nitrogens is 1. The summed E-state index contributed by atoms with van der Waals surface area (Å²) in [4.78, 5) is 7.57. The first kappa shape index (κ1) is 26.2. The Labute approximate surface area is 205 Å². The van der Waals surface area contributed by atoms with Crippen molar-refractivity contribution in [3.8, 4) is 5.88 Å². The molecule has 8 heteroatoms. The predicted octanol–water partition coefficient (Wildman–Crippen LogP) is 4.38. The molecule has 1 aliphatic heterocycles. The molecule has 3 rings (SSSR count). The number of anilines is 2. The van der Waals surface area contributed by atoms with Gasteiger partial charge in [0.2, 0.25) is 5.88 Å². The zero-order chi connectivity index (χ0) is 24.7. The Hall–Kier alpha value is -2.42. The van der Waals surface area contributed by atoms with Crippen molar-refractivity contribution in [2.45, 2.75) is 49.8 Å². The second-order valence-corrected chi connectivity index (χ2v) is 11.1. The zero-order valence-electron chi connectivity index (χ0n) is 20.5. The minimum atomic E-state index is -1.44. The van der Waals surface area contributed by atoms with Crippen molar-refractivity contribution in [3.05, 3.63) is 48.8 Å². The Balaban J connectivity index is 1.84. The number of nitrogen functional groups attached to an aromatic ring is 1. The van der Waals surface area contributed by atoms with Gasteiger partial charge < -0.3 is 25.2 Å². The number of hydrogen-bond acceptors (Lipinski definition) is 7. The SMILES string of the molecule is C=C(N(CC1CCOCC1)c1ccc(S(=O)c2ccnc(OCCCO)c2)cc1N)C(C)(C)C. The van der Waals surface area contributed by atoms with Gasteiger partial charge in [-0.15, -0.1) is 0 Å². The molecule has 1 aromatic heterocycles. The quantitative estimate of drug-likeness (QED) is 0.379. The van der Waals surface area contributed by atoms with Gasteiger partial charge in [0.1, 0.15) is 0 Å². The number of allylic oxidation sites excluding steroid dienone is 1. The van der Waals surface area contributed by atoms with Crippen LogP contribution < -0.4 is 15.4 Å². The van der Waals surface area contributed by atoms with Gasteiger partial charge in [-0.05, 0) is 43.0 Å². The maximum atomic E-state index is 13.3. The average Bonchev–Trinajstić information content (AvgIpc) is 2.82. The highest BCUT2D eigenvalue weighted by molar-refractivity contribution is 7.85. The van der Waals surface area contributed by atoms with E-state index in [-0.39, 0.29) is 12.0 Å². The lowest BCUT2D eigenvalue weighted by Crippen LogP contribution is -2.36. The molecule has 34 heavy (non-hydrogen) atoms. The molecule has 3 N–H and O–H groups in total. The Bertz CT molecular complexity index is 1000. The van der Waals surface area contributed by atoms with Crippen LogP contribution in [0.3, 0.4) is 0 Å². The molecule has 1 saturated heterocycles. The molecule has 1 aromatic carbocycles. The van der Waals surface area contributed by atoms with Crippen LogP contribution in [0.1, 0.15) is 40.0 Å². The first-order valence-corrected chi connectivity index (χ1v) is 12.9. The summed E-state index contributed by atoms with van der Waals surface area (Å²) in [5.74, 6) is 0.884. The summed E-state index contributed by atoms with van der Waals surface area (Å²) in [5.41, 5.74) is 8.86. The Morgan fingerprint density at radius 1 is 1.26 bits per heavy atom. The number of nitrogens with two attached hydrogens (primary N) is 1.